The van der Waals surface area contributed by atoms with Crippen molar-refractivity contribution >= 4 is 12.1 Å². The number of guanidine groups is 1. The molecule has 0 saturated heterocycles. The van der Waals surface area contributed by atoms with Gasteiger partial charge in [0.05, 0.1) is 12.6 Å². The second-order valence-electron chi connectivity index (χ2n) is 7.60. The van der Waals surface area contributed by atoms with Crippen LogP contribution in [0, 0.1) is 0 Å². The maximum Gasteiger partial charge on any atom is 0.408 e. The molecule has 0 bridgehead atoms. The van der Waals surface area contributed by atoms with E-state index in [1.165, 1.54) is 0 Å². The molecule has 0 unspecified atom stereocenters. The molecule has 8 nitrogen and oxygen atoms in total. The Kier molecular flexibility index (Phi) is 9.02. The first-order chi connectivity index (χ1) is 13.2. The summed E-state index contributed by atoms with van der Waals surface area (Å²) in [5.74, 6) is 1.22. The molecule has 0 radical (unpaired) electrons. The van der Waals surface area contributed by atoms with Crippen molar-refractivity contribution in [1.29, 1.82) is 0 Å². The number of nitrogens with one attached hydrogen (secondary N) is 3. The molecule has 0 aliphatic heterocycles. The van der Waals surface area contributed by atoms with Crippen LogP contribution < -0.4 is 20.7 Å². The van der Waals surface area contributed by atoms with Crippen molar-refractivity contribution in [3.8, 4) is 5.88 Å². The van der Waals surface area contributed by atoms with Gasteiger partial charge in [0.25, 0.3) is 0 Å². The summed E-state index contributed by atoms with van der Waals surface area (Å²) < 4.78 is 10.6. The molecule has 1 aromatic heterocycles. The highest BCUT2D eigenvalue weighted by Crippen LogP contribution is 2.16. The van der Waals surface area contributed by atoms with Gasteiger partial charge < -0.3 is 25.4 Å². The number of ether oxygens (including phenoxy) is 2. The number of methoxy groups -OCH3 is 1. The smallest absolute Gasteiger partial charge is 0.408 e. The molecule has 8 heteroatoms. The lowest BCUT2D eigenvalue weighted by Gasteiger charge is -2.34. The predicted octanol–water partition coefficient (Wildman–Crippen LogP) is 2.84. The Morgan fingerprint density at radius 3 is 2.43 bits per heavy atom. The van der Waals surface area contributed by atoms with E-state index in [1.54, 1.807) is 20.4 Å². The Morgan fingerprint density at radius 1 is 1.21 bits per heavy atom. The number of aromatic nitrogens is 1. The number of carbonyl (C=O) groups excluding carboxylic acids is 1. The third-order valence-electron chi connectivity index (χ3n) is 4.41. The van der Waals surface area contributed by atoms with Crippen molar-refractivity contribution in [3.63, 3.8) is 0 Å². The summed E-state index contributed by atoms with van der Waals surface area (Å²) in [5.41, 5.74) is 0.0623. The number of amides is 1. The standard InChI is InChI=1S/C20H35N5O3/c1-8-20(9-2,25-18(26)28-19(3,4)5)14-24-17(21-6)23-13-15-10-11-22-16(12-15)27-7/h10-12H,8-9,13-14H2,1-7H3,(H,25,26)(H2,21,23,24). The largest absolute Gasteiger partial charge is 0.481 e. The summed E-state index contributed by atoms with van der Waals surface area (Å²) in [6, 6.07) is 3.78. The van der Waals surface area contributed by atoms with Gasteiger partial charge in [-0.1, -0.05) is 13.8 Å². The van der Waals surface area contributed by atoms with Gasteiger partial charge in [-0.3, -0.25) is 4.99 Å². The fraction of sp³-hybridized carbons (Fsp3) is 0.650. The van der Waals surface area contributed by atoms with Gasteiger partial charge in [0.2, 0.25) is 5.88 Å². The molecule has 28 heavy (non-hydrogen) atoms. The van der Waals surface area contributed by atoms with Crippen LogP contribution in [-0.2, 0) is 11.3 Å². The Labute approximate surface area is 168 Å². The highest BCUT2D eigenvalue weighted by molar-refractivity contribution is 5.79. The topological polar surface area (TPSA) is 96.9 Å². The van der Waals surface area contributed by atoms with Crippen LogP contribution in [0.3, 0.4) is 0 Å². The molecule has 158 valence electrons. The number of alkyl carbamates (subject to hydrolysis) is 1. The lowest BCUT2D eigenvalue weighted by molar-refractivity contribution is 0.0448. The van der Waals surface area contributed by atoms with E-state index in [2.05, 4.69) is 25.9 Å². The van der Waals surface area contributed by atoms with Crippen molar-refractivity contribution in [1.82, 2.24) is 20.9 Å². The minimum atomic E-state index is -0.534. The maximum atomic E-state index is 12.3. The molecule has 0 aromatic carbocycles. The average Bonchev–Trinajstić information content (AvgIpc) is 2.65. The van der Waals surface area contributed by atoms with E-state index in [4.69, 9.17) is 9.47 Å². The van der Waals surface area contributed by atoms with Gasteiger partial charge in [0.1, 0.15) is 5.60 Å². The first kappa shape index (κ1) is 23.5. The Hall–Kier alpha value is -2.51. The van der Waals surface area contributed by atoms with Gasteiger partial charge in [-0.2, -0.15) is 0 Å². The van der Waals surface area contributed by atoms with Crippen LogP contribution >= 0.6 is 0 Å². The molecule has 0 aliphatic carbocycles. The molecule has 3 N–H and O–H groups in total. The minimum Gasteiger partial charge on any atom is -0.481 e. The van der Waals surface area contributed by atoms with Crippen molar-refractivity contribution in [2.45, 2.75) is 65.1 Å². The molecule has 0 atom stereocenters. The highest BCUT2D eigenvalue weighted by atomic mass is 16.6. The van der Waals surface area contributed by atoms with Crippen LogP contribution in [0.15, 0.2) is 23.3 Å². The quantitative estimate of drug-likeness (QED) is 0.464. The minimum absolute atomic E-state index is 0.412. The van der Waals surface area contributed by atoms with Gasteiger partial charge in [0.15, 0.2) is 5.96 Å². The molecule has 1 aromatic rings. The zero-order chi connectivity index (χ0) is 21.2. The highest BCUT2D eigenvalue weighted by Gasteiger charge is 2.30. The molecule has 1 heterocycles. The number of pyridine rings is 1. The third kappa shape index (κ3) is 8.02. The number of hydrogen-bond donors (Lipinski definition) is 3. The van der Waals surface area contributed by atoms with E-state index >= 15 is 0 Å². The van der Waals surface area contributed by atoms with Crippen LogP contribution in [0.4, 0.5) is 4.79 Å². The lowest BCUT2D eigenvalue weighted by Crippen LogP contribution is -2.57. The Bertz CT molecular complexity index is 651. The van der Waals surface area contributed by atoms with Gasteiger partial charge in [-0.25, -0.2) is 9.78 Å². The van der Waals surface area contributed by atoms with Crippen LogP contribution in [0.1, 0.15) is 53.0 Å². The van der Waals surface area contributed by atoms with E-state index in [9.17, 15) is 4.79 Å². The van der Waals surface area contributed by atoms with Gasteiger partial charge in [0, 0.05) is 32.4 Å². The zero-order valence-corrected chi connectivity index (χ0v) is 18.2. The van der Waals surface area contributed by atoms with Crippen molar-refractivity contribution in [3.05, 3.63) is 23.9 Å². The number of carbonyl (C=O) groups is 1. The van der Waals surface area contributed by atoms with Gasteiger partial charge in [-0.05, 0) is 45.2 Å². The summed E-state index contributed by atoms with van der Waals surface area (Å²) >= 11 is 0. The molecular formula is C20H35N5O3. The fourth-order valence-electron chi connectivity index (χ4n) is 2.57. The zero-order valence-electron chi connectivity index (χ0n) is 18.2. The SMILES string of the molecule is CCC(CC)(CNC(=NC)NCc1ccnc(OC)c1)NC(=O)OC(C)(C)C. The van der Waals surface area contributed by atoms with E-state index in [-0.39, 0.29) is 0 Å². The maximum absolute atomic E-state index is 12.3. The average molecular weight is 394 g/mol. The first-order valence-corrected chi connectivity index (χ1v) is 9.61. The molecule has 1 rings (SSSR count). The second-order valence-corrected chi connectivity index (χ2v) is 7.60. The van der Waals surface area contributed by atoms with E-state index in [0.29, 0.717) is 24.9 Å². The van der Waals surface area contributed by atoms with E-state index in [1.807, 2.05) is 46.8 Å². The van der Waals surface area contributed by atoms with Crippen molar-refractivity contribution in [2.24, 2.45) is 4.99 Å². The monoisotopic (exact) mass is 393 g/mol. The third-order valence-corrected chi connectivity index (χ3v) is 4.41. The molecule has 0 fully saturated rings. The molecule has 1 amide bonds. The first-order valence-electron chi connectivity index (χ1n) is 9.61. The van der Waals surface area contributed by atoms with Crippen LogP contribution in [0.25, 0.3) is 0 Å². The summed E-state index contributed by atoms with van der Waals surface area (Å²) in [5, 5.41) is 9.59. The van der Waals surface area contributed by atoms with Crippen molar-refractivity contribution in [2.75, 3.05) is 20.7 Å². The summed E-state index contributed by atoms with van der Waals surface area (Å²) in [4.78, 5) is 20.6. The lowest BCUT2D eigenvalue weighted by atomic mass is 9.93. The normalized spacial score (nSPS) is 12.3. The van der Waals surface area contributed by atoms with E-state index < -0.39 is 17.2 Å². The van der Waals surface area contributed by atoms with Gasteiger partial charge in [-0.15, -0.1) is 0 Å². The fourth-order valence-corrected chi connectivity index (χ4v) is 2.57. The Balaban J connectivity index is 2.67. The molecule has 0 saturated carbocycles. The predicted molar refractivity (Wildman–Crippen MR) is 112 cm³/mol. The number of rotatable bonds is 8. The Morgan fingerprint density at radius 2 is 1.89 bits per heavy atom. The van der Waals surface area contributed by atoms with Crippen LogP contribution in [-0.4, -0.2) is 48.9 Å². The molecular weight excluding hydrogens is 358 g/mol. The summed E-state index contributed by atoms with van der Waals surface area (Å²) in [6.07, 6.45) is 2.81. The summed E-state index contributed by atoms with van der Waals surface area (Å²) in [6.45, 7) is 10.7. The van der Waals surface area contributed by atoms with E-state index in [0.717, 1.165) is 18.4 Å². The number of nitrogens with zero attached hydrogens (tertiary/aromatic N) is 2. The summed E-state index contributed by atoms with van der Waals surface area (Å²) in [7, 11) is 3.30. The van der Waals surface area contributed by atoms with Gasteiger partial charge >= 0.3 is 6.09 Å². The number of aliphatic imine (C=N–C) groups is 1. The number of hydrogen-bond acceptors (Lipinski definition) is 5. The second kappa shape index (κ2) is 10.7. The van der Waals surface area contributed by atoms with Crippen molar-refractivity contribution < 1.29 is 14.3 Å². The molecule has 0 aliphatic rings. The molecule has 0 spiro atoms. The van der Waals surface area contributed by atoms with Crippen LogP contribution in [0.2, 0.25) is 0 Å². The van der Waals surface area contributed by atoms with Crippen LogP contribution in [0.5, 0.6) is 5.88 Å².